The molecule has 2 aromatic rings. The van der Waals surface area contributed by atoms with Gasteiger partial charge in [0.1, 0.15) is 5.82 Å². The van der Waals surface area contributed by atoms with E-state index in [9.17, 15) is 4.39 Å². The largest absolute Gasteiger partial charge is 0.396 e. The summed E-state index contributed by atoms with van der Waals surface area (Å²) in [5, 5.41) is 11.4. The van der Waals surface area contributed by atoms with Gasteiger partial charge in [-0.2, -0.15) is 4.68 Å². The van der Waals surface area contributed by atoms with Crippen LogP contribution in [0.3, 0.4) is 0 Å². The number of nitrogens with zero attached hydrogens (tertiary/aromatic N) is 4. The fourth-order valence-corrected chi connectivity index (χ4v) is 1.40. The van der Waals surface area contributed by atoms with Crippen LogP contribution in [0.4, 0.5) is 10.1 Å². The van der Waals surface area contributed by atoms with Gasteiger partial charge in [0.25, 0.3) is 0 Å². The number of benzene rings is 1. The molecule has 5 nitrogen and oxygen atoms in total. The number of hydrogen-bond acceptors (Lipinski definition) is 4. The Labute approximate surface area is 92.1 Å². The predicted octanol–water partition coefficient (Wildman–Crippen LogP) is 1.51. The molecule has 0 spiro atoms. The average molecular weight is 221 g/mol. The topological polar surface area (TPSA) is 69.6 Å². The number of anilines is 1. The van der Waals surface area contributed by atoms with Crippen molar-refractivity contribution in [2.24, 2.45) is 0 Å². The molecule has 0 fully saturated rings. The van der Waals surface area contributed by atoms with E-state index in [1.807, 2.05) is 13.8 Å². The lowest BCUT2D eigenvalue weighted by atomic mass is 10.2. The summed E-state index contributed by atoms with van der Waals surface area (Å²) in [6.45, 7) is 3.96. The van der Waals surface area contributed by atoms with E-state index in [1.165, 1.54) is 12.1 Å². The second-order valence-electron chi connectivity index (χ2n) is 3.81. The van der Waals surface area contributed by atoms with Crippen molar-refractivity contribution in [1.29, 1.82) is 0 Å². The maximum absolute atomic E-state index is 13.0. The molecule has 2 rings (SSSR count). The van der Waals surface area contributed by atoms with E-state index < -0.39 is 5.82 Å². The molecule has 0 radical (unpaired) electrons. The van der Waals surface area contributed by atoms with Gasteiger partial charge < -0.3 is 5.73 Å². The lowest BCUT2D eigenvalue weighted by Gasteiger charge is -2.07. The highest BCUT2D eigenvalue weighted by Gasteiger charge is 2.12. The predicted molar refractivity (Wildman–Crippen MR) is 57.6 cm³/mol. The van der Waals surface area contributed by atoms with Crippen molar-refractivity contribution in [2.75, 3.05) is 5.73 Å². The molecule has 2 N–H and O–H groups in total. The van der Waals surface area contributed by atoms with Crippen molar-refractivity contribution < 1.29 is 4.39 Å². The maximum atomic E-state index is 13.0. The summed E-state index contributed by atoms with van der Waals surface area (Å²) in [5.74, 6) is 0.454. The number of nitrogens with two attached hydrogens (primary N) is 1. The van der Waals surface area contributed by atoms with Crippen LogP contribution in [0, 0.1) is 5.82 Å². The molecular weight excluding hydrogens is 209 g/mol. The van der Waals surface area contributed by atoms with Gasteiger partial charge in [0, 0.05) is 5.92 Å². The van der Waals surface area contributed by atoms with E-state index >= 15 is 0 Å². The fraction of sp³-hybridized carbons (Fsp3) is 0.300. The molecule has 1 aromatic heterocycles. The number of aromatic nitrogens is 4. The van der Waals surface area contributed by atoms with Crippen LogP contribution in [-0.2, 0) is 0 Å². The van der Waals surface area contributed by atoms with Gasteiger partial charge in [0.05, 0.1) is 11.4 Å². The maximum Gasteiger partial charge on any atom is 0.159 e. The summed E-state index contributed by atoms with van der Waals surface area (Å²) < 4.78 is 14.6. The molecule has 6 heteroatoms. The third-order valence-electron chi connectivity index (χ3n) is 2.23. The smallest absolute Gasteiger partial charge is 0.159 e. The molecule has 0 saturated heterocycles. The van der Waals surface area contributed by atoms with Gasteiger partial charge in [-0.3, -0.25) is 0 Å². The summed E-state index contributed by atoms with van der Waals surface area (Å²) >= 11 is 0. The molecule has 84 valence electrons. The third-order valence-corrected chi connectivity index (χ3v) is 2.23. The normalized spacial score (nSPS) is 11.0. The SMILES string of the molecule is CC(C)c1nnnn1-c1ccc(F)c(N)c1. The van der Waals surface area contributed by atoms with Crippen molar-refractivity contribution in [3.8, 4) is 5.69 Å². The van der Waals surface area contributed by atoms with Crippen LogP contribution in [0.15, 0.2) is 18.2 Å². The zero-order chi connectivity index (χ0) is 11.7. The summed E-state index contributed by atoms with van der Waals surface area (Å²) in [6.07, 6.45) is 0. The molecule has 0 unspecified atom stereocenters. The van der Waals surface area contributed by atoms with Gasteiger partial charge in [0.15, 0.2) is 5.82 Å². The first kappa shape index (κ1) is 10.5. The molecule has 1 aromatic carbocycles. The Bertz CT molecular complexity index is 506. The molecule has 0 atom stereocenters. The van der Waals surface area contributed by atoms with Crippen LogP contribution in [-0.4, -0.2) is 20.2 Å². The molecule has 0 amide bonds. The lowest BCUT2D eigenvalue weighted by Crippen LogP contribution is -2.05. The van der Waals surface area contributed by atoms with Gasteiger partial charge in [-0.25, -0.2) is 4.39 Å². The Morgan fingerprint density at radius 1 is 1.38 bits per heavy atom. The first-order chi connectivity index (χ1) is 7.59. The van der Waals surface area contributed by atoms with Gasteiger partial charge >= 0.3 is 0 Å². The van der Waals surface area contributed by atoms with Crippen LogP contribution in [0.1, 0.15) is 25.6 Å². The zero-order valence-corrected chi connectivity index (χ0v) is 9.05. The number of hydrogen-bond donors (Lipinski definition) is 1. The summed E-state index contributed by atoms with van der Waals surface area (Å²) in [4.78, 5) is 0. The number of tetrazole rings is 1. The molecule has 16 heavy (non-hydrogen) atoms. The molecule has 0 aliphatic carbocycles. The van der Waals surface area contributed by atoms with Crippen LogP contribution in [0.2, 0.25) is 0 Å². The number of rotatable bonds is 2. The summed E-state index contributed by atoms with van der Waals surface area (Å²) in [5.41, 5.74) is 6.24. The highest BCUT2D eigenvalue weighted by atomic mass is 19.1. The molecule has 0 saturated carbocycles. The second kappa shape index (κ2) is 3.88. The average Bonchev–Trinajstić information content (AvgIpc) is 2.71. The Morgan fingerprint density at radius 3 is 2.75 bits per heavy atom. The van der Waals surface area contributed by atoms with Crippen LogP contribution in [0.25, 0.3) is 5.69 Å². The molecule has 0 aliphatic rings. The Kier molecular flexibility index (Phi) is 2.55. The van der Waals surface area contributed by atoms with E-state index in [0.717, 1.165) is 0 Å². The van der Waals surface area contributed by atoms with Crippen molar-refractivity contribution >= 4 is 5.69 Å². The summed E-state index contributed by atoms with van der Waals surface area (Å²) in [6, 6.07) is 4.40. The van der Waals surface area contributed by atoms with E-state index in [1.54, 1.807) is 10.7 Å². The Balaban J connectivity index is 2.50. The van der Waals surface area contributed by atoms with Gasteiger partial charge in [0.2, 0.25) is 0 Å². The minimum atomic E-state index is -0.442. The minimum Gasteiger partial charge on any atom is -0.396 e. The minimum absolute atomic E-state index is 0.0858. The van der Waals surface area contributed by atoms with Crippen molar-refractivity contribution in [3.05, 3.63) is 29.8 Å². The van der Waals surface area contributed by atoms with Gasteiger partial charge in [-0.15, -0.1) is 5.10 Å². The molecule has 0 bridgehead atoms. The number of nitrogen functional groups attached to an aromatic ring is 1. The van der Waals surface area contributed by atoms with E-state index in [0.29, 0.717) is 11.5 Å². The highest BCUT2D eigenvalue weighted by Crippen LogP contribution is 2.18. The van der Waals surface area contributed by atoms with E-state index in [2.05, 4.69) is 15.5 Å². The van der Waals surface area contributed by atoms with Crippen molar-refractivity contribution in [2.45, 2.75) is 19.8 Å². The molecule has 0 aliphatic heterocycles. The van der Waals surface area contributed by atoms with Crippen LogP contribution < -0.4 is 5.73 Å². The van der Waals surface area contributed by atoms with E-state index in [4.69, 9.17) is 5.73 Å². The lowest BCUT2D eigenvalue weighted by molar-refractivity contribution is 0.630. The fourth-order valence-electron chi connectivity index (χ4n) is 1.40. The third kappa shape index (κ3) is 1.73. The van der Waals surface area contributed by atoms with Crippen LogP contribution in [0.5, 0.6) is 0 Å². The monoisotopic (exact) mass is 221 g/mol. The Hall–Kier alpha value is -1.98. The first-order valence-electron chi connectivity index (χ1n) is 4.93. The molecular formula is C10H12FN5. The Morgan fingerprint density at radius 2 is 2.12 bits per heavy atom. The van der Waals surface area contributed by atoms with Gasteiger partial charge in [-0.1, -0.05) is 13.8 Å². The van der Waals surface area contributed by atoms with Crippen molar-refractivity contribution in [1.82, 2.24) is 20.2 Å². The standard InChI is InChI=1S/C10H12FN5/c1-6(2)10-13-14-15-16(10)7-3-4-8(11)9(12)5-7/h3-6H,12H2,1-2H3. The molecule has 1 heterocycles. The zero-order valence-electron chi connectivity index (χ0n) is 9.05. The quantitative estimate of drug-likeness (QED) is 0.780. The summed E-state index contributed by atoms with van der Waals surface area (Å²) in [7, 11) is 0. The van der Waals surface area contributed by atoms with Crippen LogP contribution >= 0.6 is 0 Å². The first-order valence-corrected chi connectivity index (χ1v) is 4.93. The van der Waals surface area contributed by atoms with Gasteiger partial charge in [-0.05, 0) is 28.6 Å². The highest BCUT2D eigenvalue weighted by molar-refractivity contribution is 5.48. The van der Waals surface area contributed by atoms with E-state index in [-0.39, 0.29) is 11.6 Å². The van der Waals surface area contributed by atoms with Crippen molar-refractivity contribution in [3.63, 3.8) is 0 Å². The second-order valence-corrected chi connectivity index (χ2v) is 3.81. The number of halogens is 1.